The van der Waals surface area contributed by atoms with Gasteiger partial charge in [0.2, 0.25) is 0 Å². The summed E-state index contributed by atoms with van der Waals surface area (Å²) in [4.78, 5) is 25.3. The van der Waals surface area contributed by atoms with E-state index in [1.54, 1.807) is 0 Å². The minimum absolute atomic E-state index is 0.0235. The molecular weight excluding hydrogens is 765 g/mol. The molecule has 0 bridgehead atoms. The molecule has 0 rings (SSSR count). The van der Waals surface area contributed by atoms with E-state index in [0.29, 0.717) is 25.9 Å². The number of allylic oxidation sites excluding steroid dienone is 20. The van der Waals surface area contributed by atoms with Crippen LogP contribution in [0.25, 0.3) is 0 Å². The highest BCUT2D eigenvalue weighted by Crippen LogP contribution is 2.11. The monoisotopic (exact) mass is 857 g/mol. The normalized spacial score (nSPS) is 13.3. The zero-order valence-corrected chi connectivity index (χ0v) is 40.1. The molecule has 0 aromatic rings. The summed E-state index contributed by atoms with van der Waals surface area (Å²) >= 11 is 0. The van der Waals surface area contributed by atoms with Crippen LogP contribution >= 0.6 is 0 Å². The molecule has 62 heavy (non-hydrogen) atoms. The van der Waals surface area contributed by atoms with Crippen LogP contribution in [0, 0.1) is 0 Å². The summed E-state index contributed by atoms with van der Waals surface area (Å²) in [5, 5.41) is 0. The molecule has 5 heteroatoms. The summed E-state index contributed by atoms with van der Waals surface area (Å²) in [6.45, 7) is 7.44. The van der Waals surface area contributed by atoms with Gasteiger partial charge in [-0.15, -0.1) is 0 Å². The van der Waals surface area contributed by atoms with Gasteiger partial charge in [-0.3, -0.25) is 9.59 Å². The Hall–Kier alpha value is -3.70. The molecule has 1 unspecified atom stereocenters. The van der Waals surface area contributed by atoms with Crippen molar-refractivity contribution in [3.8, 4) is 0 Å². The highest BCUT2D eigenvalue weighted by atomic mass is 16.6. The molecule has 0 aliphatic heterocycles. The van der Waals surface area contributed by atoms with Crippen LogP contribution in [0.4, 0.5) is 0 Å². The molecule has 0 aromatic carbocycles. The number of ether oxygens (including phenoxy) is 3. The Morgan fingerprint density at radius 2 is 0.758 bits per heavy atom. The fourth-order valence-corrected chi connectivity index (χ4v) is 6.31. The second-order valence-electron chi connectivity index (χ2n) is 15.9. The number of hydrogen-bond donors (Lipinski definition) is 0. The molecule has 0 aromatic heterocycles. The molecular formula is C57H92O5. The van der Waals surface area contributed by atoms with E-state index in [1.165, 1.54) is 64.2 Å². The minimum atomic E-state index is -0.592. The third-order valence-electron chi connectivity index (χ3n) is 9.98. The maximum absolute atomic E-state index is 12.8. The van der Waals surface area contributed by atoms with Crippen molar-refractivity contribution in [3.63, 3.8) is 0 Å². The Labute approximate surface area is 382 Å². The van der Waals surface area contributed by atoms with Crippen molar-refractivity contribution in [1.82, 2.24) is 0 Å². The topological polar surface area (TPSA) is 61.8 Å². The quantitative estimate of drug-likeness (QED) is 0.0347. The first-order valence-corrected chi connectivity index (χ1v) is 25.1. The highest BCUT2D eigenvalue weighted by Gasteiger charge is 2.17. The lowest BCUT2D eigenvalue weighted by atomic mass is 10.1. The van der Waals surface area contributed by atoms with Crippen molar-refractivity contribution in [1.29, 1.82) is 0 Å². The molecule has 0 radical (unpaired) electrons. The molecule has 0 spiro atoms. The lowest BCUT2D eigenvalue weighted by molar-refractivity contribution is -0.162. The zero-order valence-electron chi connectivity index (χ0n) is 40.1. The van der Waals surface area contributed by atoms with E-state index >= 15 is 0 Å². The Bertz CT molecular complexity index is 1290. The summed E-state index contributed by atoms with van der Waals surface area (Å²) in [6.07, 6.45) is 72.2. The number of carbonyl (C=O) groups excluding carboxylic acids is 2. The Morgan fingerprint density at radius 1 is 0.371 bits per heavy atom. The molecule has 5 nitrogen and oxygen atoms in total. The average molecular weight is 857 g/mol. The fraction of sp³-hybridized carbons (Fsp3) is 0.614. The van der Waals surface area contributed by atoms with Crippen molar-refractivity contribution in [2.75, 3.05) is 19.8 Å². The van der Waals surface area contributed by atoms with E-state index in [0.717, 1.165) is 96.3 Å². The van der Waals surface area contributed by atoms with E-state index in [4.69, 9.17) is 14.2 Å². The summed E-state index contributed by atoms with van der Waals surface area (Å²) in [6, 6.07) is 0. The van der Waals surface area contributed by atoms with Gasteiger partial charge < -0.3 is 14.2 Å². The van der Waals surface area contributed by atoms with Crippen LogP contribution in [0.5, 0.6) is 0 Å². The van der Waals surface area contributed by atoms with Gasteiger partial charge in [0.15, 0.2) is 6.10 Å². The number of carbonyl (C=O) groups is 2. The predicted molar refractivity (Wildman–Crippen MR) is 269 cm³/mol. The third kappa shape index (κ3) is 49.0. The molecule has 0 aliphatic carbocycles. The van der Waals surface area contributed by atoms with Crippen LogP contribution in [0.15, 0.2) is 122 Å². The molecule has 0 saturated carbocycles. The Morgan fingerprint density at radius 3 is 1.24 bits per heavy atom. The van der Waals surface area contributed by atoms with Crippen LogP contribution in [0.3, 0.4) is 0 Å². The summed E-state index contributed by atoms with van der Waals surface area (Å²) in [5.41, 5.74) is 0. The lowest BCUT2D eigenvalue weighted by Crippen LogP contribution is -2.30. The lowest BCUT2D eigenvalue weighted by Gasteiger charge is -2.18. The fourth-order valence-electron chi connectivity index (χ4n) is 6.31. The number of hydrogen-bond acceptors (Lipinski definition) is 5. The first kappa shape index (κ1) is 58.3. The van der Waals surface area contributed by atoms with E-state index in [9.17, 15) is 9.59 Å². The molecule has 0 aliphatic rings. The highest BCUT2D eigenvalue weighted by molar-refractivity contribution is 5.70. The van der Waals surface area contributed by atoms with Gasteiger partial charge in [-0.05, 0) is 116 Å². The summed E-state index contributed by atoms with van der Waals surface area (Å²) in [5.74, 6) is -0.540. The maximum Gasteiger partial charge on any atom is 0.306 e. The van der Waals surface area contributed by atoms with Crippen molar-refractivity contribution < 1.29 is 23.8 Å². The van der Waals surface area contributed by atoms with E-state index in [1.807, 2.05) is 6.08 Å². The van der Waals surface area contributed by atoms with E-state index in [2.05, 4.69) is 136 Å². The molecule has 0 N–H and O–H groups in total. The van der Waals surface area contributed by atoms with Crippen LogP contribution < -0.4 is 0 Å². The summed E-state index contributed by atoms with van der Waals surface area (Å²) in [7, 11) is 0. The van der Waals surface area contributed by atoms with Gasteiger partial charge in [0.05, 0.1) is 6.61 Å². The SMILES string of the molecule is CC/C=C\C/C=C\C/C=C\C/C=C\C/C=C\C/C=C\CCC(=O)OCC(COCCCCCCCC/C=C\CCCCCC)OC(=O)CCCCC/C=C\C/C=C\C/C=C\CC. The van der Waals surface area contributed by atoms with Crippen molar-refractivity contribution in [2.24, 2.45) is 0 Å². The Kier molecular flexibility index (Phi) is 48.6. The van der Waals surface area contributed by atoms with Crippen LogP contribution in [-0.2, 0) is 23.8 Å². The summed E-state index contributed by atoms with van der Waals surface area (Å²) < 4.78 is 17.3. The average Bonchev–Trinajstić information content (AvgIpc) is 3.27. The first-order chi connectivity index (χ1) is 30.6. The van der Waals surface area contributed by atoms with Gasteiger partial charge >= 0.3 is 11.9 Å². The minimum Gasteiger partial charge on any atom is -0.462 e. The van der Waals surface area contributed by atoms with Gasteiger partial charge in [0, 0.05) is 19.4 Å². The Balaban J connectivity index is 4.45. The van der Waals surface area contributed by atoms with E-state index in [-0.39, 0.29) is 25.2 Å². The predicted octanol–water partition coefficient (Wildman–Crippen LogP) is 17.0. The largest absolute Gasteiger partial charge is 0.462 e. The second kappa shape index (κ2) is 51.6. The molecule has 1 atom stereocenters. The van der Waals surface area contributed by atoms with Crippen LogP contribution in [-0.4, -0.2) is 37.9 Å². The molecule has 0 saturated heterocycles. The van der Waals surface area contributed by atoms with Gasteiger partial charge in [-0.25, -0.2) is 0 Å². The van der Waals surface area contributed by atoms with Gasteiger partial charge in [-0.2, -0.15) is 0 Å². The van der Waals surface area contributed by atoms with Crippen molar-refractivity contribution in [3.05, 3.63) is 122 Å². The van der Waals surface area contributed by atoms with Crippen molar-refractivity contribution >= 4 is 11.9 Å². The van der Waals surface area contributed by atoms with Gasteiger partial charge in [0.25, 0.3) is 0 Å². The smallest absolute Gasteiger partial charge is 0.306 e. The van der Waals surface area contributed by atoms with E-state index < -0.39 is 6.10 Å². The number of rotatable bonds is 44. The first-order valence-electron chi connectivity index (χ1n) is 25.1. The van der Waals surface area contributed by atoms with Gasteiger partial charge in [-0.1, -0.05) is 194 Å². The zero-order chi connectivity index (χ0) is 44.9. The van der Waals surface area contributed by atoms with Crippen molar-refractivity contribution in [2.45, 2.75) is 207 Å². The van der Waals surface area contributed by atoms with Crippen LogP contribution in [0.1, 0.15) is 201 Å². The third-order valence-corrected chi connectivity index (χ3v) is 9.98. The molecule has 0 amide bonds. The molecule has 0 heterocycles. The van der Waals surface area contributed by atoms with Crippen LogP contribution in [0.2, 0.25) is 0 Å². The standard InChI is InChI=1S/C57H92O5/c1-4-7-10-13-16-19-22-25-27-28-29-30-31-33-35-38-41-44-47-50-56(58)61-54-55(53-60-52-49-46-43-40-37-34-26-23-20-17-14-11-8-5-2)62-57(59)51-48-45-42-39-36-32-24-21-18-15-12-9-6-3/h7,9-10,12,16,18-21,23,25,27,29-30,32-33,35-36,41,44,55H,4-6,8,11,13-15,17,22,24,26,28,31,34,37-40,42-43,45-54H2,1-3H3/b10-7-,12-9-,19-16-,21-18-,23-20-,27-25-,30-29-,35-33-,36-32-,44-41-. The second-order valence-corrected chi connectivity index (χ2v) is 15.9. The van der Waals surface area contributed by atoms with Gasteiger partial charge in [0.1, 0.15) is 6.61 Å². The molecule has 350 valence electrons. The number of unbranched alkanes of at least 4 members (excludes halogenated alkanes) is 13. The number of esters is 2. The maximum atomic E-state index is 12.8. The molecule has 0 fully saturated rings.